The number of urea groups is 1. The second-order valence-corrected chi connectivity index (χ2v) is 8.57. The highest BCUT2D eigenvalue weighted by molar-refractivity contribution is 7.10. The van der Waals surface area contributed by atoms with Crippen molar-refractivity contribution in [2.24, 2.45) is 5.73 Å². The smallest absolute Gasteiger partial charge is 0.404 e. The highest BCUT2D eigenvalue weighted by Gasteiger charge is 2.44. The summed E-state index contributed by atoms with van der Waals surface area (Å²) in [6, 6.07) is 12.5. The van der Waals surface area contributed by atoms with Crippen LogP contribution < -0.4 is 16.4 Å². The van der Waals surface area contributed by atoms with Crippen LogP contribution in [0.3, 0.4) is 0 Å². The van der Waals surface area contributed by atoms with Crippen molar-refractivity contribution in [3.8, 4) is 29.5 Å². The number of nitrogens with two attached hydrogens (primary N) is 1. The number of rotatable bonds is 7. The monoisotopic (exact) mass is 472 g/mol. The highest BCUT2D eigenvalue weighted by atomic mass is 32.1. The van der Waals surface area contributed by atoms with Crippen molar-refractivity contribution in [1.29, 1.82) is 5.26 Å². The fourth-order valence-electron chi connectivity index (χ4n) is 3.44. The molecule has 3 aromatic rings. The summed E-state index contributed by atoms with van der Waals surface area (Å²) in [5.74, 6) is 2.70. The number of nitriles is 1. The fourth-order valence-corrected chi connectivity index (χ4v) is 4.00. The van der Waals surface area contributed by atoms with Crippen LogP contribution in [0.4, 0.5) is 15.4 Å². The summed E-state index contributed by atoms with van der Waals surface area (Å²) in [6.07, 6.45) is 7.73. The first-order chi connectivity index (χ1) is 16.4. The lowest BCUT2D eigenvalue weighted by atomic mass is 9.94. The number of carbonyl (C=O) groups excluding carboxylic acids is 2. The van der Waals surface area contributed by atoms with E-state index in [0.29, 0.717) is 16.5 Å². The Balaban J connectivity index is 1.50. The van der Waals surface area contributed by atoms with Gasteiger partial charge in [-0.25, -0.2) is 14.6 Å². The van der Waals surface area contributed by atoms with Crippen molar-refractivity contribution in [3.05, 3.63) is 64.2 Å². The summed E-state index contributed by atoms with van der Waals surface area (Å²) in [7, 11) is 0. The molecule has 2 aromatic heterocycles. The zero-order chi connectivity index (χ0) is 24.1. The van der Waals surface area contributed by atoms with E-state index in [1.54, 1.807) is 17.6 Å². The maximum atomic E-state index is 12.5. The molecule has 0 radical (unpaired) electrons. The molecule has 0 bridgehead atoms. The van der Waals surface area contributed by atoms with Gasteiger partial charge in [-0.15, -0.1) is 17.8 Å². The van der Waals surface area contributed by atoms with Crippen molar-refractivity contribution in [2.75, 3.05) is 11.9 Å². The molecule has 1 fully saturated rings. The quantitative estimate of drug-likeness (QED) is 0.448. The van der Waals surface area contributed by atoms with Crippen molar-refractivity contribution >= 4 is 29.3 Å². The Morgan fingerprint density at radius 3 is 2.74 bits per heavy atom. The van der Waals surface area contributed by atoms with Gasteiger partial charge in [0.2, 0.25) is 0 Å². The van der Waals surface area contributed by atoms with Gasteiger partial charge in [0, 0.05) is 17.1 Å². The number of nitrogens with one attached hydrogen (secondary N) is 2. The number of carbonyl (C=O) groups is 2. The van der Waals surface area contributed by atoms with Crippen molar-refractivity contribution in [2.45, 2.75) is 24.3 Å². The lowest BCUT2D eigenvalue weighted by molar-refractivity contribution is 0.143. The number of thiazole rings is 1. The standard InChI is InChI=1S/C24H20N6O3S/c1-2-21-29-20(13-34-21)30-23(32)28-19(12-33-22(26)31)18-7-6-16(11-27-18)15-4-3-5-17(10-15)24(14-25)8-9-24/h1,3-7,10-11,13,19H,8-9,12H2,(H2,26,31)(H2,28,30,32)/t19-/m0/s1. The lowest BCUT2D eigenvalue weighted by Gasteiger charge is -2.18. The molecule has 1 aromatic carbocycles. The number of hydrogen-bond donors (Lipinski definition) is 3. The maximum absolute atomic E-state index is 12.5. The number of anilines is 1. The van der Waals surface area contributed by atoms with Crippen LogP contribution in [-0.4, -0.2) is 28.7 Å². The van der Waals surface area contributed by atoms with Gasteiger partial charge in [-0.05, 0) is 42.0 Å². The molecule has 1 aliphatic carbocycles. The molecule has 1 atom stereocenters. The molecule has 3 amide bonds. The molecular formula is C24H20N6O3S. The van der Waals surface area contributed by atoms with E-state index in [9.17, 15) is 14.9 Å². The summed E-state index contributed by atoms with van der Waals surface area (Å²) in [5.41, 5.74) is 7.96. The van der Waals surface area contributed by atoms with Gasteiger partial charge in [-0.2, -0.15) is 5.26 Å². The Kier molecular flexibility index (Phi) is 6.44. The van der Waals surface area contributed by atoms with Gasteiger partial charge in [0.25, 0.3) is 0 Å². The summed E-state index contributed by atoms with van der Waals surface area (Å²) < 4.78 is 4.90. The molecule has 170 valence electrons. The molecular weight excluding hydrogens is 452 g/mol. The number of benzene rings is 1. The minimum atomic E-state index is -0.967. The molecule has 10 heteroatoms. The first kappa shape index (κ1) is 22.8. The Morgan fingerprint density at radius 2 is 2.12 bits per heavy atom. The average molecular weight is 473 g/mol. The SMILES string of the molecule is C#Cc1nc(NC(=O)N[C@@H](COC(N)=O)c2ccc(-c3cccc(C4(C#N)CC4)c3)cn2)cs1. The first-order valence-electron chi connectivity index (χ1n) is 10.3. The van der Waals surface area contributed by atoms with E-state index < -0.39 is 18.2 Å². The van der Waals surface area contributed by atoms with Crippen LogP contribution in [0.1, 0.15) is 35.1 Å². The number of pyridine rings is 1. The maximum Gasteiger partial charge on any atom is 0.404 e. The summed E-state index contributed by atoms with van der Waals surface area (Å²) in [4.78, 5) is 32.1. The van der Waals surface area contributed by atoms with E-state index in [-0.39, 0.29) is 12.0 Å². The van der Waals surface area contributed by atoms with E-state index in [2.05, 4.69) is 32.6 Å². The van der Waals surface area contributed by atoms with Crippen LogP contribution in [0, 0.1) is 23.7 Å². The largest absolute Gasteiger partial charge is 0.447 e. The Hall–Kier alpha value is -4.41. The van der Waals surface area contributed by atoms with E-state index in [1.807, 2.05) is 30.3 Å². The van der Waals surface area contributed by atoms with Gasteiger partial charge in [-0.1, -0.05) is 24.3 Å². The molecule has 1 aliphatic rings. The molecule has 0 aliphatic heterocycles. The molecule has 0 unspecified atom stereocenters. The molecule has 2 heterocycles. The summed E-state index contributed by atoms with van der Waals surface area (Å²) in [6.45, 7) is -0.206. The number of aromatic nitrogens is 2. The number of nitrogens with zero attached hydrogens (tertiary/aromatic N) is 3. The number of primary amides is 1. The molecule has 4 rings (SSSR count). The molecule has 0 spiro atoms. The zero-order valence-electron chi connectivity index (χ0n) is 17.9. The van der Waals surface area contributed by atoms with Gasteiger partial charge < -0.3 is 15.8 Å². The summed E-state index contributed by atoms with van der Waals surface area (Å²) >= 11 is 1.22. The van der Waals surface area contributed by atoms with Crippen molar-refractivity contribution in [3.63, 3.8) is 0 Å². The van der Waals surface area contributed by atoms with Gasteiger partial charge in [0.1, 0.15) is 18.5 Å². The predicted octanol–water partition coefficient (Wildman–Crippen LogP) is 3.70. The third-order valence-electron chi connectivity index (χ3n) is 5.42. The van der Waals surface area contributed by atoms with Crippen molar-refractivity contribution < 1.29 is 14.3 Å². The third-order valence-corrected chi connectivity index (χ3v) is 6.20. The molecule has 34 heavy (non-hydrogen) atoms. The first-order valence-corrected chi connectivity index (χ1v) is 11.2. The van der Waals surface area contributed by atoms with Crippen molar-refractivity contribution in [1.82, 2.24) is 15.3 Å². The van der Waals surface area contributed by atoms with E-state index in [4.69, 9.17) is 16.9 Å². The Bertz CT molecular complexity index is 1300. The second kappa shape index (κ2) is 9.61. The topological polar surface area (TPSA) is 143 Å². The molecule has 1 saturated carbocycles. The van der Waals surface area contributed by atoms with Crippen LogP contribution in [0.5, 0.6) is 0 Å². The average Bonchev–Trinajstić information content (AvgIpc) is 3.53. The van der Waals surface area contributed by atoms with Crippen LogP contribution in [0.25, 0.3) is 11.1 Å². The second-order valence-electron chi connectivity index (χ2n) is 7.71. The highest BCUT2D eigenvalue weighted by Crippen LogP contribution is 2.48. The number of terminal acetylenes is 1. The fraction of sp³-hybridized carbons (Fsp3) is 0.208. The van der Waals surface area contributed by atoms with Gasteiger partial charge in [0.15, 0.2) is 5.01 Å². The van der Waals surface area contributed by atoms with Gasteiger partial charge in [0.05, 0.1) is 17.2 Å². The molecule has 0 saturated heterocycles. The molecule has 4 N–H and O–H groups in total. The third kappa shape index (κ3) is 5.14. The minimum absolute atomic E-state index is 0.206. The number of amides is 3. The minimum Gasteiger partial charge on any atom is -0.447 e. The van der Waals surface area contributed by atoms with E-state index in [1.165, 1.54) is 11.3 Å². The normalized spacial score (nSPS) is 14.2. The Morgan fingerprint density at radius 1 is 1.29 bits per heavy atom. The Labute approximate surface area is 200 Å². The molecule has 9 nitrogen and oxygen atoms in total. The lowest BCUT2D eigenvalue weighted by Crippen LogP contribution is -2.36. The number of hydrogen-bond acceptors (Lipinski definition) is 7. The predicted molar refractivity (Wildman–Crippen MR) is 127 cm³/mol. The van der Waals surface area contributed by atoms with Crippen LogP contribution in [0.15, 0.2) is 48.0 Å². The van der Waals surface area contributed by atoms with E-state index in [0.717, 1.165) is 29.5 Å². The van der Waals surface area contributed by atoms with Gasteiger partial charge in [-0.3, -0.25) is 10.3 Å². The van der Waals surface area contributed by atoms with Crippen LogP contribution in [-0.2, 0) is 10.2 Å². The van der Waals surface area contributed by atoms with E-state index >= 15 is 0 Å². The van der Waals surface area contributed by atoms with Gasteiger partial charge >= 0.3 is 12.1 Å². The zero-order valence-corrected chi connectivity index (χ0v) is 18.8. The number of ether oxygens (including phenoxy) is 1. The summed E-state index contributed by atoms with van der Waals surface area (Å²) in [5, 5.41) is 16.8. The van der Waals surface area contributed by atoms with Crippen LogP contribution >= 0.6 is 11.3 Å². The van der Waals surface area contributed by atoms with Crippen LogP contribution in [0.2, 0.25) is 0 Å².